The molecule has 0 atom stereocenters. The zero-order valence-electron chi connectivity index (χ0n) is 15.2. The molecule has 0 aliphatic carbocycles. The Kier molecular flexibility index (Phi) is 6.34. The first-order chi connectivity index (χ1) is 12.9. The Bertz CT molecular complexity index is 927. The van der Waals surface area contributed by atoms with Crippen LogP contribution in [-0.2, 0) is 27.7 Å². The van der Waals surface area contributed by atoms with E-state index < -0.39 is 10.0 Å². The van der Waals surface area contributed by atoms with Gasteiger partial charge >= 0.3 is 0 Å². The Hall–Kier alpha value is -1.70. The standard InChI is InChI=1S/C20H23BrN2O3S/c1-2-12-22-27(25,26)18-7-3-15(4-8-18)5-10-20(24)23-13-11-16-14-17(21)6-9-19(16)23/h3-4,6-9,14,22H,2,5,10-13H2,1H3. The number of carbonyl (C=O) groups excluding carboxylic acids is 1. The van der Waals surface area contributed by atoms with Gasteiger partial charge in [-0.25, -0.2) is 13.1 Å². The van der Waals surface area contributed by atoms with Gasteiger partial charge in [-0.15, -0.1) is 0 Å². The van der Waals surface area contributed by atoms with Crippen LogP contribution in [0.4, 0.5) is 5.69 Å². The first-order valence-electron chi connectivity index (χ1n) is 9.08. The van der Waals surface area contributed by atoms with Gasteiger partial charge in [-0.05, 0) is 60.7 Å². The van der Waals surface area contributed by atoms with Crippen LogP contribution < -0.4 is 9.62 Å². The average Bonchev–Trinajstić information content (AvgIpc) is 3.08. The number of carbonyl (C=O) groups is 1. The van der Waals surface area contributed by atoms with E-state index in [9.17, 15) is 13.2 Å². The van der Waals surface area contributed by atoms with Crippen LogP contribution in [0, 0.1) is 0 Å². The van der Waals surface area contributed by atoms with Crippen molar-refractivity contribution in [2.75, 3.05) is 18.0 Å². The number of halogens is 1. The van der Waals surface area contributed by atoms with Crippen molar-refractivity contribution >= 4 is 37.5 Å². The minimum atomic E-state index is -3.45. The van der Waals surface area contributed by atoms with E-state index in [2.05, 4.69) is 26.7 Å². The van der Waals surface area contributed by atoms with Gasteiger partial charge in [0.15, 0.2) is 0 Å². The van der Waals surface area contributed by atoms with Gasteiger partial charge in [-0.1, -0.05) is 35.0 Å². The normalized spacial score (nSPS) is 13.6. The first kappa shape index (κ1) is 20.0. The van der Waals surface area contributed by atoms with Gasteiger partial charge in [0, 0.05) is 29.7 Å². The number of benzene rings is 2. The van der Waals surface area contributed by atoms with Crippen LogP contribution >= 0.6 is 15.9 Å². The third kappa shape index (κ3) is 4.78. The van der Waals surface area contributed by atoms with Crippen LogP contribution in [0.25, 0.3) is 0 Å². The van der Waals surface area contributed by atoms with Crippen molar-refractivity contribution in [3.8, 4) is 0 Å². The smallest absolute Gasteiger partial charge is 0.240 e. The zero-order valence-corrected chi connectivity index (χ0v) is 17.6. The highest BCUT2D eigenvalue weighted by Crippen LogP contribution is 2.31. The number of amides is 1. The zero-order chi connectivity index (χ0) is 19.4. The SMILES string of the molecule is CCCNS(=O)(=O)c1ccc(CCC(=O)N2CCc3cc(Br)ccc32)cc1. The van der Waals surface area contributed by atoms with Gasteiger partial charge in [0.05, 0.1) is 4.90 Å². The van der Waals surface area contributed by atoms with E-state index in [1.165, 1.54) is 5.56 Å². The van der Waals surface area contributed by atoms with E-state index in [0.717, 1.165) is 28.6 Å². The number of aryl methyl sites for hydroxylation is 1. The number of nitrogens with one attached hydrogen (secondary N) is 1. The van der Waals surface area contributed by atoms with Crippen LogP contribution in [0.2, 0.25) is 0 Å². The quantitative estimate of drug-likeness (QED) is 0.699. The molecule has 1 aliphatic rings. The summed E-state index contributed by atoms with van der Waals surface area (Å²) < 4.78 is 27.8. The fraction of sp³-hybridized carbons (Fsp3) is 0.350. The lowest BCUT2D eigenvalue weighted by Crippen LogP contribution is -2.29. The Labute approximate surface area is 169 Å². The van der Waals surface area contributed by atoms with Gasteiger partial charge in [0.25, 0.3) is 0 Å². The Morgan fingerprint density at radius 3 is 2.63 bits per heavy atom. The van der Waals surface area contributed by atoms with Crippen LogP contribution in [-0.4, -0.2) is 27.4 Å². The molecule has 2 aromatic carbocycles. The first-order valence-corrected chi connectivity index (χ1v) is 11.4. The monoisotopic (exact) mass is 450 g/mol. The highest BCUT2D eigenvalue weighted by Gasteiger charge is 2.24. The van der Waals surface area contributed by atoms with E-state index in [1.54, 1.807) is 24.3 Å². The summed E-state index contributed by atoms with van der Waals surface area (Å²) in [5, 5.41) is 0. The largest absolute Gasteiger partial charge is 0.312 e. The molecule has 0 spiro atoms. The van der Waals surface area contributed by atoms with Crippen LogP contribution in [0.3, 0.4) is 0 Å². The second-order valence-corrected chi connectivity index (χ2v) is 9.29. The number of fused-ring (bicyclic) bond motifs is 1. The minimum Gasteiger partial charge on any atom is -0.312 e. The molecule has 7 heteroatoms. The summed E-state index contributed by atoms with van der Waals surface area (Å²) in [6, 6.07) is 12.8. The van der Waals surface area contributed by atoms with Crippen molar-refractivity contribution < 1.29 is 13.2 Å². The molecular weight excluding hydrogens is 428 g/mol. The fourth-order valence-corrected chi connectivity index (χ4v) is 4.71. The van der Waals surface area contributed by atoms with Crippen molar-refractivity contribution in [3.63, 3.8) is 0 Å². The molecule has 0 fully saturated rings. The molecule has 144 valence electrons. The summed E-state index contributed by atoms with van der Waals surface area (Å²) >= 11 is 3.47. The van der Waals surface area contributed by atoms with Crippen molar-refractivity contribution in [2.45, 2.75) is 37.5 Å². The number of hydrogen-bond donors (Lipinski definition) is 1. The van der Waals surface area contributed by atoms with Crippen molar-refractivity contribution in [2.24, 2.45) is 0 Å². The molecule has 27 heavy (non-hydrogen) atoms. The summed E-state index contributed by atoms with van der Waals surface area (Å²) in [6.07, 6.45) is 2.60. The van der Waals surface area contributed by atoms with Gasteiger partial charge in [-0.2, -0.15) is 0 Å². The molecule has 1 aliphatic heterocycles. The topological polar surface area (TPSA) is 66.5 Å². The summed E-state index contributed by atoms with van der Waals surface area (Å²) in [5.41, 5.74) is 3.13. The lowest BCUT2D eigenvalue weighted by Gasteiger charge is -2.17. The van der Waals surface area contributed by atoms with Gasteiger partial charge < -0.3 is 4.90 Å². The molecule has 3 rings (SSSR count). The summed E-state index contributed by atoms with van der Waals surface area (Å²) in [5.74, 6) is 0.0948. The molecule has 1 N–H and O–H groups in total. The third-order valence-electron chi connectivity index (χ3n) is 4.64. The maximum atomic E-state index is 12.6. The highest BCUT2D eigenvalue weighted by molar-refractivity contribution is 9.10. The van der Waals surface area contributed by atoms with E-state index >= 15 is 0 Å². The minimum absolute atomic E-state index is 0.0948. The molecule has 1 heterocycles. The Morgan fingerprint density at radius 2 is 1.93 bits per heavy atom. The fourth-order valence-electron chi connectivity index (χ4n) is 3.17. The summed E-state index contributed by atoms with van der Waals surface area (Å²) in [4.78, 5) is 14.7. The number of hydrogen-bond acceptors (Lipinski definition) is 3. The third-order valence-corrected chi connectivity index (χ3v) is 6.61. The number of sulfonamides is 1. The Morgan fingerprint density at radius 1 is 1.19 bits per heavy atom. The predicted molar refractivity (Wildman–Crippen MR) is 110 cm³/mol. The lowest BCUT2D eigenvalue weighted by molar-refractivity contribution is -0.118. The van der Waals surface area contributed by atoms with E-state index in [-0.39, 0.29) is 10.8 Å². The summed E-state index contributed by atoms with van der Waals surface area (Å²) in [6.45, 7) is 3.05. The van der Waals surface area contributed by atoms with E-state index in [1.807, 2.05) is 24.0 Å². The van der Waals surface area contributed by atoms with Crippen molar-refractivity contribution in [1.29, 1.82) is 0 Å². The molecule has 0 bridgehead atoms. The van der Waals surface area contributed by atoms with E-state index in [4.69, 9.17) is 0 Å². The number of anilines is 1. The molecule has 0 saturated carbocycles. The average molecular weight is 451 g/mol. The van der Waals surface area contributed by atoms with E-state index in [0.29, 0.717) is 25.9 Å². The molecule has 5 nitrogen and oxygen atoms in total. The maximum absolute atomic E-state index is 12.6. The molecule has 0 unspecified atom stereocenters. The number of nitrogens with zero attached hydrogens (tertiary/aromatic N) is 1. The molecular formula is C20H23BrN2O3S. The van der Waals surface area contributed by atoms with Gasteiger partial charge in [0.1, 0.15) is 0 Å². The maximum Gasteiger partial charge on any atom is 0.240 e. The van der Waals surface area contributed by atoms with Crippen LogP contribution in [0.5, 0.6) is 0 Å². The molecule has 0 saturated heterocycles. The van der Waals surface area contributed by atoms with Gasteiger partial charge in [0.2, 0.25) is 15.9 Å². The highest BCUT2D eigenvalue weighted by atomic mass is 79.9. The van der Waals surface area contributed by atoms with Crippen LogP contribution in [0.15, 0.2) is 51.8 Å². The second-order valence-electron chi connectivity index (χ2n) is 6.61. The Balaban J connectivity index is 1.60. The second kappa shape index (κ2) is 8.54. The van der Waals surface area contributed by atoms with Crippen molar-refractivity contribution in [1.82, 2.24) is 4.72 Å². The molecule has 0 radical (unpaired) electrons. The molecule has 2 aromatic rings. The van der Waals surface area contributed by atoms with Crippen LogP contribution in [0.1, 0.15) is 30.9 Å². The van der Waals surface area contributed by atoms with Crippen molar-refractivity contribution in [3.05, 3.63) is 58.1 Å². The molecule has 1 amide bonds. The lowest BCUT2D eigenvalue weighted by atomic mass is 10.1. The summed E-state index contributed by atoms with van der Waals surface area (Å²) in [7, 11) is -3.45. The predicted octanol–water partition coefficient (Wildman–Crippen LogP) is 3.66. The number of rotatable bonds is 7. The molecule has 0 aromatic heterocycles. The van der Waals surface area contributed by atoms with Gasteiger partial charge in [-0.3, -0.25) is 4.79 Å².